The maximum atomic E-state index is 5.87. The van der Waals surface area contributed by atoms with Gasteiger partial charge in [0.25, 0.3) is 0 Å². The Bertz CT molecular complexity index is 436. The van der Waals surface area contributed by atoms with E-state index in [0.29, 0.717) is 6.54 Å². The smallest absolute Gasteiger partial charge is 0.0934 e. The van der Waals surface area contributed by atoms with Crippen LogP contribution in [-0.2, 0) is 0 Å². The van der Waals surface area contributed by atoms with Gasteiger partial charge in [-0.25, -0.2) is 0 Å². The molecular formula is C10H12N4. The van der Waals surface area contributed by atoms with Gasteiger partial charge < -0.3 is 11.5 Å². The molecule has 0 radical (unpaired) electrons. The summed E-state index contributed by atoms with van der Waals surface area (Å²) in [5, 5.41) is 0. The molecule has 0 amide bonds. The Morgan fingerprint density at radius 2 is 2.00 bits per heavy atom. The number of nitrogens with zero attached hydrogens (tertiary/aromatic N) is 2. The first-order valence-corrected chi connectivity index (χ1v) is 4.48. The maximum Gasteiger partial charge on any atom is 0.0934 e. The molecule has 2 aromatic rings. The zero-order chi connectivity index (χ0) is 9.97. The van der Waals surface area contributed by atoms with Crippen molar-refractivity contribution in [3.05, 3.63) is 36.2 Å². The molecule has 1 heterocycles. The van der Waals surface area contributed by atoms with Crippen molar-refractivity contribution in [2.24, 2.45) is 11.5 Å². The fourth-order valence-corrected chi connectivity index (χ4v) is 1.44. The Morgan fingerprint density at radius 3 is 2.79 bits per heavy atom. The van der Waals surface area contributed by atoms with Crippen molar-refractivity contribution in [1.82, 2.24) is 9.97 Å². The van der Waals surface area contributed by atoms with Gasteiger partial charge in [-0.3, -0.25) is 9.97 Å². The van der Waals surface area contributed by atoms with E-state index in [-0.39, 0.29) is 6.04 Å². The van der Waals surface area contributed by atoms with E-state index >= 15 is 0 Å². The number of rotatable bonds is 2. The molecule has 1 aromatic heterocycles. The second kappa shape index (κ2) is 3.69. The summed E-state index contributed by atoms with van der Waals surface area (Å²) in [6.07, 6.45) is 3.33. The zero-order valence-electron chi connectivity index (χ0n) is 7.72. The molecule has 0 aliphatic rings. The van der Waals surface area contributed by atoms with Crippen LogP contribution < -0.4 is 11.5 Å². The van der Waals surface area contributed by atoms with Gasteiger partial charge in [0.05, 0.1) is 11.0 Å². The van der Waals surface area contributed by atoms with Gasteiger partial charge >= 0.3 is 0 Å². The molecule has 0 saturated heterocycles. The Balaban J connectivity index is 2.65. The van der Waals surface area contributed by atoms with Gasteiger partial charge in [-0.05, 0) is 11.6 Å². The van der Waals surface area contributed by atoms with Crippen molar-refractivity contribution in [2.75, 3.05) is 6.54 Å². The number of para-hydroxylation sites is 1. The molecule has 0 aliphatic heterocycles. The first-order valence-electron chi connectivity index (χ1n) is 4.48. The Hall–Kier alpha value is -1.52. The number of benzene rings is 1. The molecule has 4 N–H and O–H groups in total. The summed E-state index contributed by atoms with van der Waals surface area (Å²) in [5.74, 6) is 0. The topological polar surface area (TPSA) is 77.8 Å². The van der Waals surface area contributed by atoms with Crippen LogP contribution in [-0.4, -0.2) is 16.5 Å². The number of hydrogen-bond donors (Lipinski definition) is 2. The molecular weight excluding hydrogens is 176 g/mol. The van der Waals surface area contributed by atoms with Crippen LogP contribution in [0.1, 0.15) is 11.6 Å². The van der Waals surface area contributed by atoms with E-state index in [1.165, 1.54) is 0 Å². The molecule has 1 aromatic carbocycles. The van der Waals surface area contributed by atoms with Crippen molar-refractivity contribution >= 4 is 11.0 Å². The van der Waals surface area contributed by atoms with Gasteiger partial charge in [0.1, 0.15) is 0 Å². The van der Waals surface area contributed by atoms with Gasteiger partial charge in [-0.1, -0.05) is 12.1 Å². The molecule has 0 saturated carbocycles. The van der Waals surface area contributed by atoms with E-state index in [1.54, 1.807) is 12.4 Å². The highest BCUT2D eigenvalue weighted by Crippen LogP contribution is 2.18. The summed E-state index contributed by atoms with van der Waals surface area (Å²) < 4.78 is 0. The molecule has 1 atom stereocenters. The van der Waals surface area contributed by atoms with Gasteiger partial charge in [0.2, 0.25) is 0 Å². The highest BCUT2D eigenvalue weighted by Gasteiger charge is 2.08. The third-order valence-electron chi connectivity index (χ3n) is 2.18. The molecule has 2 rings (SSSR count). The van der Waals surface area contributed by atoms with E-state index in [9.17, 15) is 0 Å². The molecule has 0 fully saturated rings. The monoisotopic (exact) mass is 188 g/mol. The van der Waals surface area contributed by atoms with Crippen LogP contribution in [0, 0.1) is 0 Å². The standard InChI is InChI=1S/C10H12N4/c11-6-8(12)7-2-1-3-9-10(7)14-5-4-13-9/h1-5,8H,6,11-12H2. The molecule has 14 heavy (non-hydrogen) atoms. The predicted octanol–water partition coefficient (Wildman–Crippen LogP) is 0.588. The van der Waals surface area contributed by atoms with Crippen LogP contribution in [0.5, 0.6) is 0 Å². The first kappa shape index (κ1) is 9.05. The minimum atomic E-state index is -0.171. The van der Waals surface area contributed by atoms with E-state index in [2.05, 4.69) is 9.97 Å². The summed E-state index contributed by atoms with van der Waals surface area (Å²) in [5.41, 5.74) is 14.0. The minimum absolute atomic E-state index is 0.171. The largest absolute Gasteiger partial charge is 0.329 e. The van der Waals surface area contributed by atoms with Gasteiger partial charge in [-0.2, -0.15) is 0 Å². The SMILES string of the molecule is NCC(N)c1cccc2nccnc12. The summed E-state index contributed by atoms with van der Waals surface area (Å²) in [7, 11) is 0. The van der Waals surface area contributed by atoms with Crippen LogP contribution in [0.2, 0.25) is 0 Å². The van der Waals surface area contributed by atoms with Gasteiger partial charge in [0.15, 0.2) is 0 Å². The van der Waals surface area contributed by atoms with Crippen molar-refractivity contribution in [1.29, 1.82) is 0 Å². The summed E-state index contributed by atoms with van der Waals surface area (Å²) >= 11 is 0. The van der Waals surface area contributed by atoms with Crippen LogP contribution in [0.25, 0.3) is 11.0 Å². The molecule has 72 valence electrons. The average Bonchev–Trinajstić information content (AvgIpc) is 2.27. The molecule has 0 bridgehead atoms. The highest BCUT2D eigenvalue weighted by molar-refractivity contribution is 5.78. The van der Waals surface area contributed by atoms with Gasteiger partial charge in [0, 0.05) is 25.0 Å². The van der Waals surface area contributed by atoms with Crippen molar-refractivity contribution in [3.8, 4) is 0 Å². The Morgan fingerprint density at radius 1 is 1.21 bits per heavy atom. The second-order valence-corrected chi connectivity index (χ2v) is 3.11. The minimum Gasteiger partial charge on any atom is -0.329 e. The van der Waals surface area contributed by atoms with Crippen LogP contribution in [0.3, 0.4) is 0 Å². The normalized spacial score (nSPS) is 13.0. The Labute approximate surface area is 82.0 Å². The fraction of sp³-hybridized carbons (Fsp3) is 0.200. The molecule has 1 unspecified atom stereocenters. The van der Waals surface area contributed by atoms with Gasteiger partial charge in [-0.15, -0.1) is 0 Å². The first-order chi connectivity index (χ1) is 6.83. The molecule has 4 nitrogen and oxygen atoms in total. The number of fused-ring (bicyclic) bond motifs is 1. The lowest BCUT2D eigenvalue weighted by Gasteiger charge is -2.10. The predicted molar refractivity (Wildman–Crippen MR) is 55.5 cm³/mol. The number of nitrogens with two attached hydrogens (primary N) is 2. The molecule has 0 aliphatic carbocycles. The van der Waals surface area contributed by atoms with Crippen molar-refractivity contribution < 1.29 is 0 Å². The van der Waals surface area contributed by atoms with Crippen LogP contribution in [0.4, 0.5) is 0 Å². The second-order valence-electron chi connectivity index (χ2n) is 3.11. The summed E-state index contributed by atoms with van der Waals surface area (Å²) in [4.78, 5) is 8.45. The third kappa shape index (κ3) is 1.45. The van der Waals surface area contributed by atoms with E-state index in [0.717, 1.165) is 16.6 Å². The summed E-state index contributed by atoms with van der Waals surface area (Å²) in [6, 6.07) is 5.60. The lowest BCUT2D eigenvalue weighted by atomic mass is 10.1. The molecule has 0 spiro atoms. The highest BCUT2D eigenvalue weighted by atomic mass is 14.8. The number of aromatic nitrogens is 2. The van der Waals surface area contributed by atoms with E-state index < -0.39 is 0 Å². The fourth-order valence-electron chi connectivity index (χ4n) is 1.44. The third-order valence-corrected chi connectivity index (χ3v) is 2.18. The van der Waals surface area contributed by atoms with Crippen LogP contribution >= 0.6 is 0 Å². The Kier molecular flexibility index (Phi) is 2.39. The maximum absolute atomic E-state index is 5.87. The van der Waals surface area contributed by atoms with Crippen LogP contribution in [0.15, 0.2) is 30.6 Å². The summed E-state index contributed by atoms with van der Waals surface area (Å²) in [6.45, 7) is 0.412. The zero-order valence-corrected chi connectivity index (χ0v) is 7.72. The lowest BCUT2D eigenvalue weighted by Crippen LogP contribution is -2.21. The lowest BCUT2D eigenvalue weighted by molar-refractivity contribution is 0.741. The van der Waals surface area contributed by atoms with Crippen molar-refractivity contribution in [2.45, 2.75) is 6.04 Å². The quantitative estimate of drug-likeness (QED) is 0.723. The van der Waals surface area contributed by atoms with E-state index in [4.69, 9.17) is 11.5 Å². The molecule has 4 heteroatoms. The average molecular weight is 188 g/mol. The van der Waals surface area contributed by atoms with Crippen molar-refractivity contribution in [3.63, 3.8) is 0 Å². The van der Waals surface area contributed by atoms with E-state index in [1.807, 2.05) is 18.2 Å². The number of hydrogen-bond acceptors (Lipinski definition) is 4.